The van der Waals surface area contributed by atoms with Crippen molar-refractivity contribution in [1.29, 1.82) is 0 Å². The predicted octanol–water partition coefficient (Wildman–Crippen LogP) is 1.59. The van der Waals surface area contributed by atoms with E-state index in [4.69, 9.17) is 0 Å². The summed E-state index contributed by atoms with van der Waals surface area (Å²) in [5.41, 5.74) is 1.80. The summed E-state index contributed by atoms with van der Waals surface area (Å²) in [7, 11) is 1.49. The third kappa shape index (κ3) is 2.13. The summed E-state index contributed by atoms with van der Waals surface area (Å²) in [4.78, 5) is 26.2. The fourth-order valence-electron chi connectivity index (χ4n) is 1.61. The lowest BCUT2D eigenvalue weighted by molar-refractivity contribution is 0.254. The van der Waals surface area contributed by atoms with Crippen molar-refractivity contribution >= 4 is 22.6 Å². The van der Waals surface area contributed by atoms with E-state index < -0.39 is 6.03 Å². The molecule has 3 N–H and O–H groups in total. The predicted molar refractivity (Wildman–Crippen MR) is 67.4 cm³/mol. The van der Waals surface area contributed by atoms with Crippen LogP contribution in [-0.4, -0.2) is 18.1 Å². The second kappa shape index (κ2) is 4.29. The van der Waals surface area contributed by atoms with Gasteiger partial charge in [0, 0.05) is 24.1 Å². The zero-order valence-corrected chi connectivity index (χ0v) is 9.63. The maximum absolute atomic E-state index is 12.1. The van der Waals surface area contributed by atoms with Crippen molar-refractivity contribution in [3.8, 4) is 0 Å². The zero-order valence-electron chi connectivity index (χ0n) is 9.63. The highest BCUT2D eigenvalue weighted by atomic mass is 16.2. The Hall–Kier alpha value is -2.30. The third-order valence-corrected chi connectivity index (χ3v) is 2.51. The molecule has 0 aliphatic heterocycles. The summed E-state index contributed by atoms with van der Waals surface area (Å²) in [6.45, 7) is 1.91. The summed E-state index contributed by atoms with van der Waals surface area (Å²) < 4.78 is 0. The van der Waals surface area contributed by atoms with Gasteiger partial charge in [0.1, 0.15) is 5.69 Å². The molecule has 0 aliphatic carbocycles. The number of hydrogen-bond acceptors (Lipinski definition) is 2. The molecule has 1 heterocycles. The Morgan fingerprint density at radius 2 is 2.12 bits per heavy atom. The van der Waals surface area contributed by atoms with Gasteiger partial charge < -0.3 is 15.6 Å². The molecular formula is C12H13N3O2. The Balaban J connectivity index is 2.57. The lowest BCUT2D eigenvalue weighted by Gasteiger charge is -2.05. The van der Waals surface area contributed by atoms with Crippen LogP contribution in [0.15, 0.2) is 29.2 Å². The molecule has 0 radical (unpaired) electrons. The highest BCUT2D eigenvalue weighted by molar-refractivity contribution is 5.91. The minimum absolute atomic E-state index is 0.189. The van der Waals surface area contributed by atoms with Crippen LogP contribution in [0.25, 0.3) is 10.9 Å². The number of amides is 2. The number of fused-ring (bicyclic) bond motifs is 1. The molecule has 2 rings (SSSR count). The monoisotopic (exact) mass is 231 g/mol. The fourth-order valence-corrected chi connectivity index (χ4v) is 1.61. The van der Waals surface area contributed by atoms with Crippen LogP contribution in [0, 0.1) is 6.92 Å². The Morgan fingerprint density at radius 1 is 1.35 bits per heavy atom. The van der Waals surface area contributed by atoms with Gasteiger partial charge in [-0.15, -0.1) is 0 Å². The number of hydrogen-bond donors (Lipinski definition) is 3. The van der Waals surface area contributed by atoms with E-state index in [2.05, 4.69) is 15.6 Å². The first-order chi connectivity index (χ1) is 8.11. The van der Waals surface area contributed by atoms with E-state index in [1.807, 2.05) is 19.1 Å². The Labute approximate surface area is 97.9 Å². The SMILES string of the molecule is CNC(=O)Nc1c[nH]c2ccc(C)cc2c1=O. The van der Waals surface area contributed by atoms with Crippen LogP contribution in [0.1, 0.15) is 5.56 Å². The van der Waals surface area contributed by atoms with Crippen LogP contribution >= 0.6 is 0 Å². The maximum Gasteiger partial charge on any atom is 0.319 e. The van der Waals surface area contributed by atoms with E-state index in [1.165, 1.54) is 13.2 Å². The molecule has 0 spiro atoms. The Kier molecular flexibility index (Phi) is 2.82. The molecule has 0 atom stereocenters. The van der Waals surface area contributed by atoms with Gasteiger partial charge in [0.05, 0.1) is 0 Å². The van der Waals surface area contributed by atoms with Crippen LogP contribution in [-0.2, 0) is 0 Å². The second-order valence-electron chi connectivity index (χ2n) is 3.78. The molecule has 1 aromatic carbocycles. The van der Waals surface area contributed by atoms with Crippen molar-refractivity contribution in [1.82, 2.24) is 10.3 Å². The first-order valence-corrected chi connectivity index (χ1v) is 5.22. The zero-order chi connectivity index (χ0) is 12.4. The molecule has 17 heavy (non-hydrogen) atoms. The highest BCUT2D eigenvalue weighted by Gasteiger charge is 2.07. The number of carbonyl (C=O) groups excluding carboxylic acids is 1. The van der Waals surface area contributed by atoms with Gasteiger partial charge in [0.15, 0.2) is 0 Å². The van der Waals surface area contributed by atoms with Gasteiger partial charge in [0.2, 0.25) is 5.43 Å². The molecule has 0 fully saturated rings. The number of pyridine rings is 1. The van der Waals surface area contributed by atoms with Crippen molar-refractivity contribution in [3.05, 3.63) is 40.2 Å². The van der Waals surface area contributed by atoms with Crippen molar-refractivity contribution in [2.24, 2.45) is 0 Å². The van der Waals surface area contributed by atoms with Crippen LogP contribution < -0.4 is 16.1 Å². The number of nitrogens with one attached hydrogen (secondary N) is 3. The largest absolute Gasteiger partial charge is 0.359 e. The normalized spacial score (nSPS) is 10.2. The molecular weight excluding hydrogens is 218 g/mol. The number of aromatic amines is 1. The summed E-state index contributed by atoms with van der Waals surface area (Å²) in [6.07, 6.45) is 1.50. The smallest absolute Gasteiger partial charge is 0.319 e. The van der Waals surface area contributed by atoms with Gasteiger partial charge in [-0.1, -0.05) is 11.6 Å². The van der Waals surface area contributed by atoms with Gasteiger partial charge in [0.25, 0.3) is 0 Å². The second-order valence-corrected chi connectivity index (χ2v) is 3.78. The Morgan fingerprint density at radius 3 is 2.82 bits per heavy atom. The number of rotatable bonds is 1. The minimum Gasteiger partial charge on any atom is -0.359 e. The quantitative estimate of drug-likeness (QED) is 0.697. The van der Waals surface area contributed by atoms with Gasteiger partial charge in [-0.05, 0) is 19.1 Å². The van der Waals surface area contributed by atoms with Crippen LogP contribution in [0.5, 0.6) is 0 Å². The van der Waals surface area contributed by atoms with Gasteiger partial charge >= 0.3 is 6.03 Å². The van der Waals surface area contributed by atoms with Crippen molar-refractivity contribution in [3.63, 3.8) is 0 Å². The van der Waals surface area contributed by atoms with Crippen molar-refractivity contribution in [2.75, 3.05) is 12.4 Å². The third-order valence-electron chi connectivity index (χ3n) is 2.51. The molecule has 88 valence electrons. The average Bonchev–Trinajstić information content (AvgIpc) is 2.33. The highest BCUT2D eigenvalue weighted by Crippen LogP contribution is 2.12. The lowest BCUT2D eigenvalue weighted by atomic mass is 10.1. The molecule has 5 heteroatoms. The standard InChI is InChI=1S/C12H13N3O2/c1-7-3-4-9-8(5-7)11(16)10(6-14-9)15-12(17)13-2/h3-6H,1-2H3,(H,14,16)(H2,13,15,17). The maximum atomic E-state index is 12.1. The molecule has 2 aromatic rings. The topological polar surface area (TPSA) is 74.0 Å². The number of urea groups is 1. The molecule has 0 bridgehead atoms. The van der Waals surface area contributed by atoms with Gasteiger partial charge in [-0.2, -0.15) is 0 Å². The number of benzene rings is 1. The fraction of sp³-hybridized carbons (Fsp3) is 0.167. The lowest BCUT2D eigenvalue weighted by Crippen LogP contribution is -2.27. The van der Waals surface area contributed by atoms with Crippen LogP contribution in [0.3, 0.4) is 0 Å². The first-order valence-electron chi connectivity index (χ1n) is 5.22. The summed E-state index contributed by atoms with van der Waals surface area (Å²) >= 11 is 0. The minimum atomic E-state index is -0.414. The number of aromatic nitrogens is 1. The van der Waals surface area contributed by atoms with Crippen LogP contribution in [0.4, 0.5) is 10.5 Å². The van der Waals surface area contributed by atoms with Crippen molar-refractivity contribution in [2.45, 2.75) is 6.92 Å². The van der Waals surface area contributed by atoms with E-state index in [-0.39, 0.29) is 11.1 Å². The molecule has 2 amide bonds. The number of H-pyrrole nitrogens is 1. The number of aryl methyl sites for hydroxylation is 1. The van der Waals surface area contributed by atoms with Gasteiger partial charge in [-0.3, -0.25) is 4.79 Å². The molecule has 1 aromatic heterocycles. The van der Waals surface area contributed by atoms with Gasteiger partial charge in [-0.25, -0.2) is 4.79 Å². The molecule has 0 unspecified atom stereocenters. The van der Waals surface area contributed by atoms with E-state index in [0.29, 0.717) is 5.39 Å². The number of carbonyl (C=O) groups is 1. The summed E-state index contributed by atoms with van der Waals surface area (Å²) in [6, 6.07) is 5.14. The first kappa shape index (κ1) is 11.2. The van der Waals surface area contributed by atoms with Crippen molar-refractivity contribution < 1.29 is 4.79 Å². The molecule has 0 saturated carbocycles. The molecule has 5 nitrogen and oxygen atoms in total. The van der Waals surface area contributed by atoms with E-state index >= 15 is 0 Å². The summed E-state index contributed by atoms with van der Waals surface area (Å²) in [5, 5.41) is 5.44. The number of anilines is 1. The molecule has 0 saturated heterocycles. The van der Waals surface area contributed by atoms with Crippen LogP contribution in [0.2, 0.25) is 0 Å². The van der Waals surface area contributed by atoms with E-state index in [0.717, 1.165) is 11.1 Å². The Bertz CT molecular complexity index is 631. The summed E-state index contributed by atoms with van der Waals surface area (Å²) in [5.74, 6) is 0. The average molecular weight is 231 g/mol. The van der Waals surface area contributed by atoms with E-state index in [1.54, 1.807) is 6.07 Å². The molecule has 0 aliphatic rings. The van der Waals surface area contributed by atoms with E-state index in [9.17, 15) is 9.59 Å².